The predicted molar refractivity (Wildman–Crippen MR) is 79.4 cm³/mol. The number of unbranched alkanes of at least 4 members (excludes halogenated alkanes) is 1. The van der Waals surface area contributed by atoms with E-state index >= 15 is 0 Å². The molecule has 0 N–H and O–H groups in total. The van der Waals surface area contributed by atoms with Crippen LogP contribution in [0.1, 0.15) is 39.5 Å². The Morgan fingerprint density at radius 3 is 2.53 bits per heavy atom. The van der Waals surface area contributed by atoms with E-state index in [-0.39, 0.29) is 5.91 Å². The molecule has 0 atom stereocenters. The molecule has 0 bridgehead atoms. The van der Waals surface area contributed by atoms with E-state index in [0.717, 1.165) is 31.5 Å². The Bertz CT molecular complexity index is 351. The third kappa shape index (κ3) is 5.88. The van der Waals surface area contributed by atoms with Gasteiger partial charge in [-0.1, -0.05) is 31.5 Å². The van der Waals surface area contributed by atoms with Gasteiger partial charge in [0.05, 0.1) is 0 Å². The summed E-state index contributed by atoms with van der Waals surface area (Å²) in [6, 6.07) is 9.91. The smallest absolute Gasteiger partial charge is 0.227 e. The van der Waals surface area contributed by atoms with Gasteiger partial charge < -0.3 is 9.64 Å². The summed E-state index contributed by atoms with van der Waals surface area (Å²) in [7, 11) is 0. The largest absolute Gasteiger partial charge is 0.382 e. The second kappa shape index (κ2) is 9.56. The van der Waals surface area contributed by atoms with E-state index in [2.05, 4.69) is 6.92 Å². The number of rotatable bonds is 9. The van der Waals surface area contributed by atoms with Gasteiger partial charge in [-0.3, -0.25) is 4.79 Å². The molecule has 3 heteroatoms. The fourth-order valence-corrected chi connectivity index (χ4v) is 1.93. The molecule has 0 heterocycles. The fourth-order valence-electron chi connectivity index (χ4n) is 1.93. The molecule has 1 amide bonds. The highest BCUT2D eigenvalue weighted by molar-refractivity contribution is 5.93. The van der Waals surface area contributed by atoms with Crippen LogP contribution in [0.25, 0.3) is 0 Å². The first kappa shape index (κ1) is 15.7. The van der Waals surface area contributed by atoms with Gasteiger partial charge in [0.2, 0.25) is 5.91 Å². The van der Waals surface area contributed by atoms with Crippen LogP contribution in [0.15, 0.2) is 30.3 Å². The van der Waals surface area contributed by atoms with Crippen molar-refractivity contribution in [2.75, 3.05) is 24.7 Å². The first-order valence-corrected chi connectivity index (χ1v) is 7.22. The lowest BCUT2D eigenvalue weighted by atomic mass is 10.2. The Hall–Kier alpha value is -1.35. The SMILES string of the molecule is CCCCN(C(=O)CCCOCC)c1ccccc1. The molecular formula is C16H25NO2. The van der Waals surface area contributed by atoms with Crippen molar-refractivity contribution in [3.8, 4) is 0 Å². The van der Waals surface area contributed by atoms with Crippen molar-refractivity contribution in [2.45, 2.75) is 39.5 Å². The molecule has 19 heavy (non-hydrogen) atoms. The van der Waals surface area contributed by atoms with Gasteiger partial charge >= 0.3 is 0 Å². The second-order valence-electron chi connectivity index (χ2n) is 4.53. The number of ether oxygens (including phenoxy) is 1. The van der Waals surface area contributed by atoms with Crippen LogP contribution >= 0.6 is 0 Å². The number of anilines is 1. The summed E-state index contributed by atoms with van der Waals surface area (Å²) in [5, 5.41) is 0. The van der Waals surface area contributed by atoms with E-state index in [9.17, 15) is 4.79 Å². The average molecular weight is 263 g/mol. The minimum atomic E-state index is 0.194. The van der Waals surface area contributed by atoms with E-state index in [1.54, 1.807) is 0 Å². The van der Waals surface area contributed by atoms with E-state index in [4.69, 9.17) is 4.74 Å². The summed E-state index contributed by atoms with van der Waals surface area (Å²) in [6.07, 6.45) is 3.47. The van der Waals surface area contributed by atoms with Gasteiger partial charge in [0.1, 0.15) is 0 Å². The summed E-state index contributed by atoms with van der Waals surface area (Å²) >= 11 is 0. The van der Waals surface area contributed by atoms with Gasteiger partial charge in [-0.15, -0.1) is 0 Å². The third-order valence-electron chi connectivity index (χ3n) is 2.99. The van der Waals surface area contributed by atoms with Crippen molar-refractivity contribution in [2.24, 2.45) is 0 Å². The molecule has 1 rings (SSSR count). The molecule has 0 radical (unpaired) electrons. The molecule has 0 spiro atoms. The molecule has 1 aromatic rings. The highest BCUT2D eigenvalue weighted by Crippen LogP contribution is 2.16. The van der Waals surface area contributed by atoms with Crippen LogP contribution in [0.5, 0.6) is 0 Å². The first-order chi connectivity index (χ1) is 9.29. The summed E-state index contributed by atoms with van der Waals surface area (Å²) in [6.45, 7) is 6.29. The second-order valence-corrected chi connectivity index (χ2v) is 4.53. The van der Waals surface area contributed by atoms with E-state index in [0.29, 0.717) is 19.6 Å². The molecule has 1 aromatic carbocycles. The number of benzene rings is 1. The molecule has 0 unspecified atom stereocenters. The molecule has 0 saturated carbocycles. The molecule has 3 nitrogen and oxygen atoms in total. The van der Waals surface area contributed by atoms with Gasteiger partial charge in [0, 0.05) is 31.9 Å². The van der Waals surface area contributed by atoms with Gasteiger partial charge in [-0.05, 0) is 31.9 Å². The maximum Gasteiger partial charge on any atom is 0.227 e. The Labute approximate surface area is 116 Å². The number of carbonyl (C=O) groups excluding carboxylic acids is 1. The molecule has 106 valence electrons. The van der Waals surface area contributed by atoms with Crippen molar-refractivity contribution in [1.82, 2.24) is 0 Å². The highest BCUT2D eigenvalue weighted by atomic mass is 16.5. The predicted octanol–water partition coefficient (Wildman–Crippen LogP) is 3.64. The molecule has 0 saturated heterocycles. The van der Waals surface area contributed by atoms with Gasteiger partial charge in [-0.2, -0.15) is 0 Å². The summed E-state index contributed by atoms with van der Waals surface area (Å²) in [4.78, 5) is 14.2. The number of hydrogen-bond acceptors (Lipinski definition) is 2. The van der Waals surface area contributed by atoms with Crippen LogP contribution in [-0.2, 0) is 9.53 Å². The lowest BCUT2D eigenvalue weighted by Gasteiger charge is -2.22. The normalized spacial score (nSPS) is 10.4. The third-order valence-corrected chi connectivity index (χ3v) is 2.99. The maximum absolute atomic E-state index is 12.3. The minimum Gasteiger partial charge on any atom is -0.382 e. The highest BCUT2D eigenvalue weighted by Gasteiger charge is 2.14. The van der Waals surface area contributed by atoms with Crippen molar-refractivity contribution in [3.63, 3.8) is 0 Å². The van der Waals surface area contributed by atoms with Crippen LogP contribution < -0.4 is 4.90 Å². The van der Waals surface area contributed by atoms with Crippen LogP contribution in [0.4, 0.5) is 5.69 Å². The molecule has 0 aliphatic rings. The Balaban J connectivity index is 2.55. The minimum absolute atomic E-state index is 0.194. The van der Waals surface area contributed by atoms with Crippen LogP contribution in [0.2, 0.25) is 0 Å². The van der Waals surface area contributed by atoms with Gasteiger partial charge in [0.15, 0.2) is 0 Å². The Kier molecular flexibility index (Phi) is 7.91. The fraction of sp³-hybridized carbons (Fsp3) is 0.562. The van der Waals surface area contributed by atoms with Crippen LogP contribution in [0.3, 0.4) is 0 Å². The van der Waals surface area contributed by atoms with Crippen molar-refractivity contribution >= 4 is 11.6 Å². The number of carbonyl (C=O) groups is 1. The molecule has 0 fully saturated rings. The Morgan fingerprint density at radius 2 is 1.89 bits per heavy atom. The van der Waals surface area contributed by atoms with E-state index < -0.39 is 0 Å². The summed E-state index contributed by atoms with van der Waals surface area (Å²) in [5.41, 5.74) is 0.998. The zero-order valence-electron chi connectivity index (χ0n) is 12.1. The maximum atomic E-state index is 12.3. The average Bonchev–Trinajstić information content (AvgIpc) is 2.45. The molecular weight excluding hydrogens is 238 g/mol. The van der Waals surface area contributed by atoms with Gasteiger partial charge in [0.25, 0.3) is 0 Å². The quantitative estimate of drug-likeness (QED) is 0.637. The zero-order valence-corrected chi connectivity index (χ0v) is 12.1. The Morgan fingerprint density at radius 1 is 1.16 bits per heavy atom. The van der Waals surface area contributed by atoms with Crippen LogP contribution in [0, 0.1) is 0 Å². The molecule has 0 aliphatic carbocycles. The molecule has 0 aliphatic heterocycles. The first-order valence-electron chi connectivity index (χ1n) is 7.22. The summed E-state index contributed by atoms with van der Waals surface area (Å²) < 4.78 is 5.28. The number of amides is 1. The topological polar surface area (TPSA) is 29.5 Å². The number of hydrogen-bond donors (Lipinski definition) is 0. The number of para-hydroxylation sites is 1. The van der Waals surface area contributed by atoms with Crippen LogP contribution in [-0.4, -0.2) is 25.7 Å². The van der Waals surface area contributed by atoms with E-state index in [1.165, 1.54) is 0 Å². The van der Waals surface area contributed by atoms with Crippen molar-refractivity contribution < 1.29 is 9.53 Å². The molecule has 0 aromatic heterocycles. The lowest BCUT2D eigenvalue weighted by molar-refractivity contribution is -0.119. The summed E-state index contributed by atoms with van der Waals surface area (Å²) in [5.74, 6) is 0.194. The standard InChI is InChI=1S/C16H25NO2/c1-3-5-13-17(15-10-7-6-8-11-15)16(18)12-9-14-19-4-2/h6-8,10-11H,3-5,9,12-14H2,1-2H3. The zero-order chi connectivity index (χ0) is 13.9. The van der Waals surface area contributed by atoms with Crippen molar-refractivity contribution in [3.05, 3.63) is 30.3 Å². The lowest BCUT2D eigenvalue weighted by Crippen LogP contribution is -2.31. The monoisotopic (exact) mass is 263 g/mol. The van der Waals surface area contributed by atoms with Gasteiger partial charge in [-0.25, -0.2) is 0 Å². The van der Waals surface area contributed by atoms with Crippen molar-refractivity contribution in [1.29, 1.82) is 0 Å². The number of nitrogens with zero attached hydrogens (tertiary/aromatic N) is 1. The van der Waals surface area contributed by atoms with E-state index in [1.807, 2.05) is 42.2 Å².